The van der Waals surface area contributed by atoms with Gasteiger partial charge in [-0.25, -0.2) is 0 Å². The number of benzene rings is 3. The Bertz CT molecular complexity index is 928. The molecular formula is C23H21NOS. The Labute approximate surface area is 159 Å². The van der Waals surface area contributed by atoms with Gasteiger partial charge in [-0.15, -0.1) is 0 Å². The quantitative estimate of drug-likeness (QED) is 0.559. The first kappa shape index (κ1) is 16.8. The minimum Gasteiger partial charge on any atom is -0.488 e. The lowest BCUT2D eigenvalue weighted by molar-refractivity contribution is 0.307. The predicted octanol–water partition coefficient (Wildman–Crippen LogP) is 6.25. The zero-order chi connectivity index (χ0) is 17.9. The summed E-state index contributed by atoms with van der Waals surface area (Å²) in [6, 6.07) is 25.4. The smallest absolute Gasteiger partial charge is 0.127 e. The third kappa shape index (κ3) is 3.11. The van der Waals surface area contributed by atoms with Crippen LogP contribution in [0.4, 0.5) is 5.69 Å². The Morgan fingerprint density at radius 2 is 1.69 bits per heavy atom. The fourth-order valence-corrected chi connectivity index (χ4v) is 3.83. The lowest BCUT2D eigenvalue weighted by Crippen LogP contribution is -1.96. The molecule has 0 radical (unpaired) electrons. The number of fused-ring (bicyclic) bond motifs is 2. The van der Waals surface area contributed by atoms with Crippen molar-refractivity contribution in [3.8, 4) is 5.75 Å². The molecule has 2 nitrogen and oxygen atoms in total. The molecule has 0 saturated carbocycles. The molecule has 0 saturated heterocycles. The maximum absolute atomic E-state index is 6.10. The number of para-hydroxylation sites is 1. The first-order chi connectivity index (χ1) is 12.8. The van der Waals surface area contributed by atoms with Gasteiger partial charge in [-0.05, 0) is 53.0 Å². The maximum Gasteiger partial charge on any atom is 0.127 e. The van der Waals surface area contributed by atoms with Gasteiger partial charge >= 0.3 is 0 Å². The van der Waals surface area contributed by atoms with Gasteiger partial charge in [0.1, 0.15) is 12.4 Å². The van der Waals surface area contributed by atoms with Crippen molar-refractivity contribution in [2.45, 2.75) is 13.5 Å². The van der Waals surface area contributed by atoms with Crippen molar-refractivity contribution in [3.05, 3.63) is 95.1 Å². The van der Waals surface area contributed by atoms with Gasteiger partial charge in [0.05, 0.1) is 0 Å². The predicted molar refractivity (Wildman–Crippen MR) is 112 cm³/mol. The van der Waals surface area contributed by atoms with Gasteiger partial charge in [-0.1, -0.05) is 66.5 Å². The molecule has 3 heteroatoms. The van der Waals surface area contributed by atoms with Crippen molar-refractivity contribution in [2.24, 2.45) is 0 Å². The van der Waals surface area contributed by atoms with Gasteiger partial charge in [0.15, 0.2) is 0 Å². The molecule has 0 amide bonds. The van der Waals surface area contributed by atoms with Crippen LogP contribution in [0.3, 0.4) is 0 Å². The van der Waals surface area contributed by atoms with Crippen LogP contribution >= 0.6 is 11.9 Å². The molecule has 3 aromatic rings. The first-order valence-corrected chi connectivity index (χ1v) is 9.91. The highest BCUT2D eigenvalue weighted by Crippen LogP contribution is 2.41. The zero-order valence-electron chi connectivity index (χ0n) is 15.0. The molecule has 1 heterocycles. The van der Waals surface area contributed by atoms with Gasteiger partial charge in [-0.3, -0.25) is 0 Å². The van der Waals surface area contributed by atoms with E-state index in [1.54, 1.807) is 11.9 Å². The Morgan fingerprint density at radius 3 is 2.54 bits per heavy atom. The highest BCUT2D eigenvalue weighted by molar-refractivity contribution is 7.99. The van der Waals surface area contributed by atoms with Crippen molar-refractivity contribution in [3.63, 3.8) is 0 Å². The summed E-state index contributed by atoms with van der Waals surface area (Å²) in [6.07, 6.45) is 2.03. The van der Waals surface area contributed by atoms with Crippen molar-refractivity contribution in [1.29, 1.82) is 0 Å². The van der Waals surface area contributed by atoms with E-state index in [4.69, 9.17) is 4.74 Å². The van der Waals surface area contributed by atoms with Crippen LogP contribution in [0.25, 0.3) is 11.1 Å². The van der Waals surface area contributed by atoms with Gasteiger partial charge in [-0.2, -0.15) is 0 Å². The molecule has 1 aliphatic rings. The number of anilines is 1. The summed E-state index contributed by atoms with van der Waals surface area (Å²) in [7, 11) is 0. The van der Waals surface area contributed by atoms with E-state index >= 15 is 0 Å². The summed E-state index contributed by atoms with van der Waals surface area (Å²) in [5, 5.41) is 0. The molecule has 0 bridgehead atoms. The molecule has 1 aliphatic heterocycles. The molecule has 3 aromatic carbocycles. The van der Waals surface area contributed by atoms with Crippen LogP contribution in [0, 0.1) is 0 Å². The summed E-state index contributed by atoms with van der Waals surface area (Å²) >= 11 is 1.61. The van der Waals surface area contributed by atoms with Gasteiger partial charge < -0.3 is 9.46 Å². The van der Waals surface area contributed by atoms with Crippen LogP contribution in [-0.2, 0) is 6.61 Å². The molecule has 130 valence electrons. The standard InChI is InChI=1S/C23H21NOS/c1-16(17-9-7-10-19(14-17)24-26-2)23-20-11-4-3-8-18(20)15-25-22-13-6-5-12-21(22)23/h3-14,24H,15H2,1-2H3/b23-16+. The Balaban J connectivity index is 1.97. The Morgan fingerprint density at radius 1 is 0.923 bits per heavy atom. The molecule has 0 aromatic heterocycles. The number of hydrogen-bond donors (Lipinski definition) is 1. The number of nitrogens with one attached hydrogen (secondary N) is 1. The highest BCUT2D eigenvalue weighted by atomic mass is 32.2. The van der Waals surface area contributed by atoms with E-state index in [-0.39, 0.29) is 0 Å². The van der Waals surface area contributed by atoms with Gasteiger partial charge in [0, 0.05) is 17.5 Å². The third-order valence-corrected chi connectivity index (χ3v) is 5.16. The van der Waals surface area contributed by atoms with Crippen LogP contribution in [0.5, 0.6) is 5.75 Å². The van der Waals surface area contributed by atoms with Crippen LogP contribution in [0.2, 0.25) is 0 Å². The molecule has 4 rings (SSSR count). The Kier molecular flexibility index (Phi) is 4.72. The molecule has 1 N–H and O–H groups in total. The van der Waals surface area contributed by atoms with E-state index < -0.39 is 0 Å². The van der Waals surface area contributed by atoms with Crippen LogP contribution in [0.1, 0.15) is 29.2 Å². The topological polar surface area (TPSA) is 21.3 Å². The summed E-state index contributed by atoms with van der Waals surface area (Å²) in [4.78, 5) is 0. The van der Waals surface area contributed by atoms with E-state index in [9.17, 15) is 0 Å². The first-order valence-electron chi connectivity index (χ1n) is 8.68. The summed E-state index contributed by atoms with van der Waals surface area (Å²) in [6.45, 7) is 2.80. The molecule has 0 spiro atoms. The zero-order valence-corrected chi connectivity index (χ0v) is 15.8. The minimum atomic E-state index is 0.595. The summed E-state index contributed by atoms with van der Waals surface area (Å²) < 4.78 is 9.43. The van der Waals surface area contributed by atoms with Crippen LogP contribution in [-0.4, -0.2) is 6.26 Å². The Hall–Kier alpha value is -2.65. The van der Waals surface area contributed by atoms with Gasteiger partial charge in [0.2, 0.25) is 0 Å². The average molecular weight is 359 g/mol. The third-order valence-electron chi connectivity index (χ3n) is 4.72. The summed E-state index contributed by atoms with van der Waals surface area (Å²) in [5.41, 5.74) is 8.44. The van der Waals surface area contributed by atoms with E-state index in [2.05, 4.69) is 78.4 Å². The summed E-state index contributed by atoms with van der Waals surface area (Å²) in [5.74, 6) is 0.941. The van der Waals surface area contributed by atoms with E-state index in [1.165, 1.54) is 27.8 Å². The fourth-order valence-electron chi connectivity index (χ4n) is 3.47. The molecule has 0 aliphatic carbocycles. The molecule has 0 fully saturated rings. The van der Waals surface area contributed by atoms with Crippen molar-refractivity contribution in [2.75, 3.05) is 11.0 Å². The maximum atomic E-state index is 6.10. The normalized spacial score (nSPS) is 14.5. The largest absolute Gasteiger partial charge is 0.488 e. The lowest BCUT2D eigenvalue weighted by Gasteiger charge is -2.15. The van der Waals surface area contributed by atoms with Crippen molar-refractivity contribution in [1.82, 2.24) is 0 Å². The lowest BCUT2D eigenvalue weighted by atomic mass is 9.88. The molecule has 0 atom stereocenters. The second-order valence-electron chi connectivity index (χ2n) is 6.33. The van der Waals surface area contributed by atoms with E-state index in [0.29, 0.717) is 6.61 Å². The highest BCUT2D eigenvalue weighted by Gasteiger charge is 2.21. The van der Waals surface area contributed by atoms with Gasteiger partial charge in [0.25, 0.3) is 0 Å². The van der Waals surface area contributed by atoms with E-state index in [1.807, 2.05) is 12.3 Å². The monoisotopic (exact) mass is 359 g/mol. The average Bonchev–Trinajstić information content (AvgIpc) is 2.85. The number of ether oxygens (including phenoxy) is 1. The fraction of sp³-hybridized carbons (Fsp3) is 0.130. The minimum absolute atomic E-state index is 0.595. The SMILES string of the molecule is CSNc1cccc(/C(C)=C2\c3ccccc3COc3ccccc32)c1. The van der Waals surface area contributed by atoms with E-state index in [0.717, 1.165) is 17.0 Å². The molecule has 26 heavy (non-hydrogen) atoms. The molecular weight excluding hydrogens is 338 g/mol. The number of rotatable bonds is 3. The van der Waals surface area contributed by atoms with Crippen LogP contribution < -0.4 is 9.46 Å². The van der Waals surface area contributed by atoms with Crippen molar-refractivity contribution < 1.29 is 4.74 Å². The second-order valence-corrected chi connectivity index (χ2v) is 6.94. The van der Waals surface area contributed by atoms with Crippen molar-refractivity contribution >= 4 is 28.8 Å². The molecule has 0 unspecified atom stereocenters. The second kappa shape index (κ2) is 7.30. The van der Waals surface area contributed by atoms with Crippen LogP contribution in [0.15, 0.2) is 72.8 Å². The number of allylic oxidation sites excluding steroid dienone is 1. The number of hydrogen-bond acceptors (Lipinski definition) is 3.